The van der Waals surface area contributed by atoms with E-state index in [1.165, 1.54) is 0 Å². The number of amides is 2. The van der Waals surface area contributed by atoms with Gasteiger partial charge in [0.1, 0.15) is 6.04 Å². The number of nitrogens with one attached hydrogen (secondary N) is 1. The van der Waals surface area contributed by atoms with Gasteiger partial charge in [0.2, 0.25) is 5.91 Å². The van der Waals surface area contributed by atoms with E-state index in [1.807, 2.05) is 18.2 Å². The van der Waals surface area contributed by atoms with Gasteiger partial charge in [-0.15, -0.1) is 0 Å². The number of hydrogen-bond donors (Lipinski definition) is 2. The Morgan fingerprint density at radius 1 is 1.00 bits per heavy atom. The first-order chi connectivity index (χ1) is 13.8. The average molecular weight is 405 g/mol. The van der Waals surface area contributed by atoms with Gasteiger partial charge in [-0.2, -0.15) is 13.2 Å². The van der Waals surface area contributed by atoms with Crippen LogP contribution in [-0.4, -0.2) is 35.8 Å². The van der Waals surface area contributed by atoms with E-state index in [0.29, 0.717) is 25.9 Å². The molecule has 0 aliphatic carbocycles. The third kappa shape index (κ3) is 5.14. The zero-order chi connectivity index (χ0) is 21.0. The standard InChI is InChI=1S/C21H22F3N3O2/c22-21(23,24)16-8-6-15(7-9-16)19(28)26-17-10-12-27(13-11-17)20(29)18(25)14-4-2-1-3-5-14/h1-9,17-18H,10-13,25H2,(H,26,28). The van der Waals surface area contributed by atoms with Crippen molar-refractivity contribution in [2.24, 2.45) is 5.73 Å². The SMILES string of the molecule is NC(C(=O)N1CCC(NC(=O)c2ccc(C(F)(F)F)cc2)CC1)c1ccccc1. The molecule has 0 spiro atoms. The van der Waals surface area contributed by atoms with Crippen molar-refractivity contribution in [3.63, 3.8) is 0 Å². The van der Waals surface area contributed by atoms with Crippen molar-refractivity contribution in [3.05, 3.63) is 71.3 Å². The molecule has 1 aliphatic heterocycles. The van der Waals surface area contributed by atoms with E-state index < -0.39 is 23.7 Å². The average Bonchev–Trinajstić information content (AvgIpc) is 2.73. The van der Waals surface area contributed by atoms with E-state index >= 15 is 0 Å². The maximum Gasteiger partial charge on any atom is 0.416 e. The van der Waals surface area contributed by atoms with Crippen LogP contribution in [0.15, 0.2) is 54.6 Å². The number of benzene rings is 2. The summed E-state index contributed by atoms with van der Waals surface area (Å²) < 4.78 is 37.9. The second-order valence-corrected chi connectivity index (χ2v) is 7.04. The summed E-state index contributed by atoms with van der Waals surface area (Å²) in [4.78, 5) is 26.6. The van der Waals surface area contributed by atoms with Gasteiger partial charge in [-0.25, -0.2) is 0 Å². The predicted molar refractivity (Wildman–Crippen MR) is 102 cm³/mol. The fourth-order valence-corrected chi connectivity index (χ4v) is 3.32. The Morgan fingerprint density at radius 2 is 1.59 bits per heavy atom. The number of alkyl halides is 3. The van der Waals surface area contributed by atoms with Crippen molar-refractivity contribution >= 4 is 11.8 Å². The zero-order valence-corrected chi connectivity index (χ0v) is 15.7. The zero-order valence-electron chi connectivity index (χ0n) is 15.7. The van der Waals surface area contributed by atoms with Crippen LogP contribution < -0.4 is 11.1 Å². The molecule has 1 saturated heterocycles. The number of likely N-dealkylation sites (tertiary alicyclic amines) is 1. The summed E-state index contributed by atoms with van der Waals surface area (Å²) >= 11 is 0. The summed E-state index contributed by atoms with van der Waals surface area (Å²) in [6.07, 6.45) is -3.33. The van der Waals surface area contributed by atoms with Crippen molar-refractivity contribution in [3.8, 4) is 0 Å². The summed E-state index contributed by atoms with van der Waals surface area (Å²) in [6, 6.07) is 12.3. The van der Waals surface area contributed by atoms with Gasteiger partial charge in [0, 0.05) is 24.7 Å². The number of halogens is 3. The first-order valence-corrected chi connectivity index (χ1v) is 9.33. The molecule has 0 bridgehead atoms. The van der Waals surface area contributed by atoms with Gasteiger partial charge in [-0.1, -0.05) is 30.3 Å². The van der Waals surface area contributed by atoms with Crippen LogP contribution in [0.4, 0.5) is 13.2 Å². The molecule has 1 atom stereocenters. The van der Waals surface area contributed by atoms with Crippen LogP contribution in [0, 0.1) is 0 Å². The number of carbonyl (C=O) groups excluding carboxylic acids is 2. The van der Waals surface area contributed by atoms with Crippen molar-refractivity contribution in [2.75, 3.05) is 13.1 Å². The van der Waals surface area contributed by atoms with Crippen LogP contribution in [0.2, 0.25) is 0 Å². The lowest BCUT2D eigenvalue weighted by atomic mass is 10.0. The molecule has 3 rings (SSSR count). The number of rotatable bonds is 4. The van der Waals surface area contributed by atoms with Crippen LogP contribution >= 0.6 is 0 Å². The first kappa shape index (κ1) is 20.9. The number of nitrogens with zero attached hydrogens (tertiary/aromatic N) is 1. The van der Waals surface area contributed by atoms with Crippen LogP contribution in [0.3, 0.4) is 0 Å². The molecule has 1 unspecified atom stereocenters. The highest BCUT2D eigenvalue weighted by Gasteiger charge is 2.31. The molecule has 8 heteroatoms. The van der Waals surface area contributed by atoms with Crippen LogP contribution in [-0.2, 0) is 11.0 Å². The third-order valence-electron chi connectivity index (χ3n) is 5.04. The van der Waals surface area contributed by atoms with Crippen LogP contribution in [0.1, 0.15) is 40.4 Å². The van der Waals surface area contributed by atoms with Crippen LogP contribution in [0.5, 0.6) is 0 Å². The van der Waals surface area contributed by atoms with E-state index in [-0.39, 0.29) is 17.5 Å². The molecule has 2 aromatic rings. The highest BCUT2D eigenvalue weighted by molar-refractivity contribution is 5.94. The lowest BCUT2D eigenvalue weighted by Crippen LogP contribution is -2.48. The fraction of sp³-hybridized carbons (Fsp3) is 0.333. The third-order valence-corrected chi connectivity index (χ3v) is 5.04. The Labute approximate surface area is 166 Å². The van der Waals surface area contributed by atoms with Crippen molar-refractivity contribution in [1.82, 2.24) is 10.2 Å². The molecule has 2 aromatic carbocycles. The molecule has 0 aromatic heterocycles. The van der Waals surface area contributed by atoms with E-state index in [0.717, 1.165) is 29.8 Å². The molecular formula is C21H22F3N3O2. The number of carbonyl (C=O) groups is 2. The molecular weight excluding hydrogens is 383 g/mol. The lowest BCUT2D eigenvalue weighted by molar-refractivity contribution is -0.137. The summed E-state index contributed by atoms with van der Waals surface area (Å²) in [5, 5.41) is 2.82. The predicted octanol–water partition coefficient (Wildman–Crippen LogP) is 3.13. The number of hydrogen-bond acceptors (Lipinski definition) is 3. The van der Waals surface area contributed by atoms with E-state index in [9.17, 15) is 22.8 Å². The van der Waals surface area contributed by atoms with Gasteiger partial charge in [-0.05, 0) is 42.7 Å². The van der Waals surface area contributed by atoms with Gasteiger partial charge >= 0.3 is 6.18 Å². The summed E-state index contributed by atoms with van der Waals surface area (Å²) in [5.74, 6) is -0.590. The molecule has 0 radical (unpaired) electrons. The summed E-state index contributed by atoms with van der Waals surface area (Å²) in [6.45, 7) is 0.911. The maximum atomic E-state index is 12.6. The van der Waals surface area contributed by atoms with Crippen molar-refractivity contribution < 1.29 is 22.8 Å². The largest absolute Gasteiger partial charge is 0.416 e. The number of piperidine rings is 1. The van der Waals surface area contributed by atoms with Crippen molar-refractivity contribution in [2.45, 2.75) is 31.1 Å². The minimum absolute atomic E-state index is 0.151. The lowest BCUT2D eigenvalue weighted by Gasteiger charge is -2.34. The molecule has 154 valence electrons. The Balaban J connectivity index is 1.52. The highest BCUT2D eigenvalue weighted by atomic mass is 19.4. The molecule has 5 nitrogen and oxygen atoms in total. The van der Waals surface area contributed by atoms with Crippen molar-refractivity contribution in [1.29, 1.82) is 0 Å². The topological polar surface area (TPSA) is 75.4 Å². The van der Waals surface area contributed by atoms with Gasteiger partial charge in [0.05, 0.1) is 5.56 Å². The molecule has 2 amide bonds. The molecule has 1 heterocycles. The highest BCUT2D eigenvalue weighted by Crippen LogP contribution is 2.29. The summed E-state index contributed by atoms with van der Waals surface area (Å²) in [7, 11) is 0. The van der Waals surface area contributed by atoms with Gasteiger partial charge in [-0.3, -0.25) is 9.59 Å². The maximum absolute atomic E-state index is 12.6. The minimum Gasteiger partial charge on any atom is -0.349 e. The van der Waals surface area contributed by atoms with Gasteiger partial charge < -0.3 is 16.0 Å². The normalized spacial score (nSPS) is 16.3. The number of nitrogens with two attached hydrogens (primary N) is 1. The van der Waals surface area contributed by atoms with E-state index in [4.69, 9.17) is 5.73 Å². The monoisotopic (exact) mass is 405 g/mol. The first-order valence-electron chi connectivity index (χ1n) is 9.33. The Kier molecular flexibility index (Phi) is 6.22. The fourth-order valence-electron chi connectivity index (χ4n) is 3.32. The van der Waals surface area contributed by atoms with Crippen LogP contribution in [0.25, 0.3) is 0 Å². The Morgan fingerprint density at radius 3 is 2.14 bits per heavy atom. The second kappa shape index (κ2) is 8.65. The van der Waals surface area contributed by atoms with E-state index in [2.05, 4.69) is 5.32 Å². The molecule has 1 fully saturated rings. The smallest absolute Gasteiger partial charge is 0.349 e. The van der Waals surface area contributed by atoms with Gasteiger partial charge in [0.25, 0.3) is 5.91 Å². The molecule has 0 saturated carbocycles. The van der Waals surface area contributed by atoms with E-state index in [1.54, 1.807) is 17.0 Å². The molecule has 3 N–H and O–H groups in total. The van der Waals surface area contributed by atoms with Gasteiger partial charge in [0.15, 0.2) is 0 Å². The Bertz CT molecular complexity index is 846. The Hall–Kier alpha value is -2.87. The molecule has 1 aliphatic rings. The minimum atomic E-state index is -4.44. The second-order valence-electron chi connectivity index (χ2n) is 7.04. The summed E-state index contributed by atoms with van der Waals surface area (Å²) in [5.41, 5.74) is 6.18. The quantitative estimate of drug-likeness (QED) is 0.821. The molecule has 29 heavy (non-hydrogen) atoms.